The lowest BCUT2D eigenvalue weighted by molar-refractivity contribution is 0.324. The third kappa shape index (κ3) is 3.72. The van der Waals surface area contributed by atoms with Crippen LogP contribution in [0.4, 0.5) is 5.95 Å². The molecule has 2 N–H and O–H groups in total. The summed E-state index contributed by atoms with van der Waals surface area (Å²) in [4.78, 5) is 8.71. The first-order chi connectivity index (χ1) is 13.1. The highest BCUT2D eigenvalue weighted by molar-refractivity contribution is 5.73. The van der Waals surface area contributed by atoms with E-state index in [1.807, 2.05) is 42.5 Å². The van der Waals surface area contributed by atoms with Gasteiger partial charge in [-0.3, -0.25) is 0 Å². The van der Waals surface area contributed by atoms with Crippen LogP contribution in [0.25, 0.3) is 22.5 Å². The summed E-state index contributed by atoms with van der Waals surface area (Å²) in [5, 5.41) is 0. The number of hydrogen-bond donors (Lipinski definition) is 1. The van der Waals surface area contributed by atoms with Crippen molar-refractivity contribution < 1.29 is 18.9 Å². The highest BCUT2D eigenvalue weighted by Gasteiger charge is 2.16. The van der Waals surface area contributed by atoms with Crippen LogP contribution < -0.4 is 24.7 Å². The molecule has 0 aliphatic rings. The fraction of sp³-hybridized carbons (Fsp3) is 0.200. The Balaban J connectivity index is 2.14. The van der Waals surface area contributed by atoms with Crippen molar-refractivity contribution in [2.24, 2.45) is 0 Å². The Morgan fingerprint density at radius 1 is 0.704 bits per heavy atom. The fourth-order valence-electron chi connectivity index (χ4n) is 2.77. The molecule has 0 aliphatic heterocycles. The van der Waals surface area contributed by atoms with Gasteiger partial charge in [-0.2, -0.15) is 0 Å². The van der Waals surface area contributed by atoms with Gasteiger partial charge in [0.1, 0.15) is 5.75 Å². The normalized spacial score (nSPS) is 10.4. The third-order valence-corrected chi connectivity index (χ3v) is 4.07. The molecule has 140 valence electrons. The van der Waals surface area contributed by atoms with Crippen LogP contribution in [0.5, 0.6) is 23.0 Å². The summed E-state index contributed by atoms with van der Waals surface area (Å²) < 4.78 is 21.5. The largest absolute Gasteiger partial charge is 0.497 e. The molecule has 0 saturated heterocycles. The zero-order valence-corrected chi connectivity index (χ0v) is 15.6. The Kier molecular flexibility index (Phi) is 5.30. The molecule has 0 atom stereocenters. The number of benzene rings is 2. The first kappa shape index (κ1) is 18.3. The maximum absolute atomic E-state index is 5.96. The molecule has 0 aliphatic carbocycles. The smallest absolute Gasteiger partial charge is 0.221 e. The van der Waals surface area contributed by atoms with Gasteiger partial charge in [-0.05, 0) is 30.3 Å². The van der Waals surface area contributed by atoms with Gasteiger partial charge in [0, 0.05) is 11.1 Å². The molecule has 27 heavy (non-hydrogen) atoms. The van der Waals surface area contributed by atoms with Crippen LogP contribution in [0.3, 0.4) is 0 Å². The fourth-order valence-corrected chi connectivity index (χ4v) is 2.77. The van der Waals surface area contributed by atoms with Gasteiger partial charge in [-0.25, -0.2) is 9.97 Å². The van der Waals surface area contributed by atoms with Crippen LogP contribution in [-0.4, -0.2) is 38.4 Å². The number of nitrogen functional groups attached to an aromatic ring is 1. The van der Waals surface area contributed by atoms with Gasteiger partial charge in [-0.1, -0.05) is 12.1 Å². The van der Waals surface area contributed by atoms with E-state index in [9.17, 15) is 0 Å². The SMILES string of the molecule is COc1cccc(-c2cc(-c3cc(OC)c(OC)c(OC)c3)nc(N)n2)c1. The molecule has 7 nitrogen and oxygen atoms in total. The standard InChI is InChI=1S/C20H21N3O4/c1-24-14-7-5-6-12(8-14)15-11-16(23-20(21)22-15)13-9-17(25-2)19(27-4)18(10-13)26-3/h5-11H,1-4H3,(H2,21,22,23). The monoisotopic (exact) mass is 367 g/mol. The molecular weight excluding hydrogens is 346 g/mol. The van der Waals surface area contributed by atoms with Gasteiger partial charge in [0.2, 0.25) is 11.7 Å². The van der Waals surface area contributed by atoms with Gasteiger partial charge in [0.15, 0.2) is 11.5 Å². The summed E-state index contributed by atoms with van der Waals surface area (Å²) >= 11 is 0. The molecule has 1 aromatic heterocycles. The van der Waals surface area contributed by atoms with Gasteiger partial charge in [-0.15, -0.1) is 0 Å². The molecule has 1 heterocycles. The number of nitrogens with two attached hydrogens (primary N) is 1. The second kappa shape index (κ2) is 7.82. The minimum absolute atomic E-state index is 0.166. The number of rotatable bonds is 6. The number of methoxy groups -OCH3 is 4. The Labute approximate surface area is 157 Å². The second-order valence-electron chi connectivity index (χ2n) is 5.64. The summed E-state index contributed by atoms with van der Waals surface area (Å²) in [6, 6.07) is 13.1. The van der Waals surface area contributed by atoms with Crippen molar-refractivity contribution in [3.05, 3.63) is 42.5 Å². The lowest BCUT2D eigenvalue weighted by atomic mass is 10.1. The van der Waals surface area contributed by atoms with Gasteiger partial charge < -0.3 is 24.7 Å². The van der Waals surface area contributed by atoms with Crippen molar-refractivity contribution in [2.75, 3.05) is 34.2 Å². The second-order valence-corrected chi connectivity index (χ2v) is 5.64. The average Bonchev–Trinajstić information content (AvgIpc) is 2.72. The van der Waals surface area contributed by atoms with Crippen molar-refractivity contribution in [3.8, 4) is 45.5 Å². The van der Waals surface area contributed by atoms with Crippen LogP contribution in [0.2, 0.25) is 0 Å². The summed E-state index contributed by atoms with van der Waals surface area (Å²) in [6.07, 6.45) is 0. The van der Waals surface area contributed by atoms with Gasteiger partial charge in [0.05, 0.1) is 39.8 Å². The molecule has 0 fully saturated rings. The highest BCUT2D eigenvalue weighted by atomic mass is 16.5. The van der Waals surface area contributed by atoms with Gasteiger partial charge >= 0.3 is 0 Å². The maximum atomic E-state index is 5.96. The Hall–Kier alpha value is -3.48. The van der Waals surface area contributed by atoms with Crippen LogP contribution >= 0.6 is 0 Å². The number of aromatic nitrogens is 2. The summed E-state index contributed by atoms with van der Waals surface area (Å²) in [7, 11) is 6.31. The lowest BCUT2D eigenvalue weighted by Crippen LogP contribution is -2.00. The molecule has 3 rings (SSSR count). The van der Waals surface area contributed by atoms with E-state index < -0.39 is 0 Å². The molecule has 3 aromatic rings. The zero-order chi connectivity index (χ0) is 19.4. The van der Waals surface area contributed by atoms with E-state index in [0.29, 0.717) is 28.6 Å². The lowest BCUT2D eigenvalue weighted by Gasteiger charge is -2.14. The Morgan fingerprint density at radius 2 is 1.33 bits per heavy atom. The molecule has 0 saturated carbocycles. The minimum atomic E-state index is 0.166. The molecule has 2 aromatic carbocycles. The molecule has 0 bridgehead atoms. The van der Waals surface area contributed by atoms with E-state index in [-0.39, 0.29) is 5.95 Å². The summed E-state index contributed by atoms with van der Waals surface area (Å²) in [6.45, 7) is 0. The van der Waals surface area contributed by atoms with Crippen molar-refractivity contribution in [1.29, 1.82) is 0 Å². The first-order valence-corrected chi connectivity index (χ1v) is 8.19. The molecule has 0 radical (unpaired) electrons. The Bertz CT molecular complexity index is 935. The zero-order valence-electron chi connectivity index (χ0n) is 15.6. The van der Waals surface area contributed by atoms with Crippen LogP contribution in [0, 0.1) is 0 Å². The van der Waals surface area contributed by atoms with E-state index in [0.717, 1.165) is 16.9 Å². The number of nitrogens with zero attached hydrogens (tertiary/aromatic N) is 2. The third-order valence-electron chi connectivity index (χ3n) is 4.07. The molecule has 0 unspecified atom stereocenters. The van der Waals surface area contributed by atoms with Crippen molar-refractivity contribution in [3.63, 3.8) is 0 Å². The molecule has 0 spiro atoms. The van der Waals surface area contributed by atoms with E-state index in [1.54, 1.807) is 28.4 Å². The summed E-state index contributed by atoms with van der Waals surface area (Å²) in [5.74, 6) is 2.48. The Morgan fingerprint density at radius 3 is 1.89 bits per heavy atom. The van der Waals surface area contributed by atoms with Gasteiger partial charge in [0.25, 0.3) is 0 Å². The topological polar surface area (TPSA) is 88.7 Å². The predicted molar refractivity (Wildman–Crippen MR) is 104 cm³/mol. The van der Waals surface area contributed by atoms with Crippen molar-refractivity contribution >= 4 is 5.95 Å². The van der Waals surface area contributed by atoms with Crippen molar-refractivity contribution in [1.82, 2.24) is 9.97 Å². The number of ether oxygens (including phenoxy) is 4. The maximum Gasteiger partial charge on any atom is 0.221 e. The average molecular weight is 367 g/mol. The predicted octanol–water partition coefficient (Wildman–Crippen LogP) is 3.43. The summed E-state index contributed by atoms with van der Waals surface area (Å²) in [5.41, 5.74) is 8.92. The van der Waals surface area contributed by atoms with E-state index >= 15 is 0 Å². The van der Waals surface area contributed by atoms with Crippen LogP contribution in [-0.2, 0) is 0 Å². The molecule has 7 heteroatoms. The number of anilines is 1. The van der Waals surface area contributed by atoms with E-state index in [4.69, 9.17) is 24.7 Å². The molecular formula is C20H21N3O4. The minimum Gasteiger partial charge on any atom is -0.497 e. The molecule has 0 amide bonds. The first-order valence-electron chi connectivity index (χ1n) is 8.19. The van der Waals surface area contributed by atoms with Crippen molar-refractivity contribution in [2.45, 2.75) is 0 Å². The van der Waals surface area contributed by atoms with E-state index in [1.165, 1.54) is 0 Å². The van der Waals surface area contributed by atoms with E-state index in [2.05, 4.69) is 9.97 Å². The van der Waals surface area contributed by atoms with Crippen LogP contribution in [0.1, 0.15) is 0 Å². The van der Waals surface area contributed by atoms with Crippen LogP contribution in [0.15, 0.2) is 42.5 Å². The number of hydrogen-bond acceptors (Lipinski definition) is 7. The highest BCUT2D eigenvalue weighted by Crippen LogP contribution is 2.41. The quantitative estimate of drug-likeness (QED) is 0.714.